The third kappa shape index (κ3) is 3.81. The molecule has 6 nitrogen and oxygen atoms in total. The van der Waals surface area contributed by atoms with Gasteiger partial charge in [0.15, 0.2) is 0 Å². The lowest BCUT2D eigenvalue weighted by Crippen LogP contribution is -2.19. The van der Waals surface area contributed by atoms with E-state index < -0.39 is 6.03 Å². The molecule has 1 aliphatic rings. The van der Waals surface area contributed by atoms with Gasteiger partial charge in [0, 0.05) is 22.9 Å². The monoisotopic (exact) mass is 366 g/mol. The standard InChI is InChI=1S/C20H19FN4O2/c1-12-8-9-16(11-17(12)21)23-20(26)22-15-7-3-6-14(10-15)18-24-19(27-25-18)13-4-2-5-13/h3,6-11,13H,2,4-5H2,1H3,(H2,22,23,26). The van der Waals surface area contributed by atoms with Crippen LogP contribution in [0.1, 0.15) is 36.6 Å². The van der Waals surface area contributed by atoms with Crippen LogP contribution in [0.2, 0.25) is 0 Å². The normalized spacial score (nSPS) is 13.9. The van der Waals surface area contributed by atoms with E-state index >= 15 is 0 Å². The van der Waals surface area contributed by atoms with E-state index in [9.17, 15) is 9.18 Å². The number of aromatic nitrogens is 2. The Balaban J connectivity index is 1.44. The van der Waals surface area contributed by atoms with Crippen molar-refractivity contribution in [2.75, 3.05) is 10.6 Å². The Morgan fingerprint density at radius 1 is 1.15 bits per heavy atom. The summed E-state index contributed by atoms with van der Waals surface area (Å²) in [5.74, 6) is 1.18. The van der Waals surface area contributed by atoms with Gasteiger partial charge in [-0.15, -0.1) is 0 Å². The minimum absolute atomic E-state index is 0.367. The van der Waals surface area contributed by atoms with Gasteiger partial charge in [0.05, 0.1) is 0 Å². The summed E-state index contributed by atoms with van der Waals surface area (Å²) in [6.45, 7) is 1.67. The fourth-order valence-electron chi connectivity index (χ4n) is 2.87. The molecule has 138 valence electrons. The van der Waals surface area contributed by atoms with E-state index in [1.165, 1.54) is 12.5 Å². The first-order valence-corrected chi connectivity index (χ1v) is 8.87. The lowest BCUT2D eigenvalue weighted by atomic mass is 9.85. The van der Waals surface area contributed by atoms with Gasteiger partial charge in [-0.2, -0.15) is 4.98 Å². The summed E-state index contributed by atoms with van der Waals surface area (Å²) in [6, 6.07) is 11.3. The van der Waals surface area contributed by atoms with Gasteiger partial charge >= 0.3 is 6.03 Å². The second kappa shape index (κ2) is 7.19. The van der Waals surface area contributed by atoms with E-state index in [-0.39, 0.29) is 5.82 Å². The van der Waals surface area contributed by atoms with Crippen molar-refractivity contribution in [1.82, 2.24) is 10.1 Å². The minimum Gasteiger partial charge on any atom is -0.339 e. The summed E-state index contributed by atoms with van der Waals surface area (Å²) < 4.78 is 18.9. The summed E-state index contributed by atoms with van der Waals surface area (Å²) in [7, 11) is 0. The zero-order chi connectivity index (χ0) is 18.8. The number of amides is 2. The van der Waals surface area contributed by atoms with Crippen LogP contribution >= 0.6 is 0 Å². The van der Waals surface area contributed by atoms with Crippen LogP contribution in [0.25, 0.3) is 11.4 Å². The van der Waals surface area contributed by atoms with Crippen LogP contribution in [0.5, 0.6) is 0 Å². The molecule has 1 fully saturated rings. The maximum Gasteiger partial charge on any atom is 0.323 e. The van der Waals surface area contributed by atoms with Gasteiger partial charge in [0.2, 0.25) is 11.7 Å². The average molecular weight is 366 g/mol. The summed E-state index contributed by atoms with van der Waals surface area (Å²) in [4.78, 5) is 16.6. The Kier molecular flexibility index (Phi) is 4.58. The topological polar surface area (TPSA) is 80.0 Å². The van der Waals surface area contributed by atoms with E-state index in [1.807, 2.05) is 6.07 Å². The number of nitrogens with zero attached hydrogens (tertiary/aromatic N) is 2. The summed E-state index contributed by atoms with van der Waals surface area (Å²) in [6.07, 6.45) is 3.37. The van der Waals surface area contributed by atoms with E-state index in [2.05, 4.69) is 20.8 Å². The molecule has 2 amide bonds. The molecule has 2 aromatic carbocycles. The van der Waals surface area contributed by atoms with Crippen molar-refractivity contribution in [2.24, 2.45) is 0 Å². The van der Waals surface area contributed by atoms with Gasteiger partial charge in [0.1, 0.15) is 5.82 Å². The number of nitrogens with one attached hydrogen (secondary N) is 2. The third-order valence-corrected chi connectivity index (χ3v) is 4.70. The number of hydrogen-bond donors (Lipinski definition) is 2. The molecule has 4 rings (SSSR count). The summed E-state index contributed by atoms with van der Waals surface area (Å²) in [5.41, 5.74) is 2.24. The third-order valence-electron chi connectivity index (χ3n) is 4.70. The fourth-order valence-corrected chi connectivity index (χ4v) is 2.87. The van der Waals surface area contributed by atoms with E-state index in [0.29, 0.717) is 34.6 Å². The molecular formula is C20H19FN4O2. The maximum absolute atomic E-state index is 13.6. The number of urea groups is 1. The van der Waals surface area contributed by atoms with Crippen molar-refractivity contribution in [2.45, 2.75) is 32.1 Å². The number of aryl methyl sites for hydroxylation is 1. The van der Waals surface area contributed by atoms with Crippen LogP contribution < -0.4 is 10.6 Å². The second-order valence-electron chi connectivity index (χ2n) is 6.71. The number of carbonyl (C=O) groups is 1. The lowest BCUT2D eigenvalue weighted by Gasteiger charge is -2.20. The molecule has 0 unspecified atom stereocenters. The molecule has 3 aromatic rings. The number of hydrogen-bond acceptors (Lipinski definition) is 4. The summed E-state index contributed by atoms with van der Waals surface area (Å²) in [5, 5.41) is 9.38. The van der Waals surface area contributed by atoms with Crippen LogP contribution in [0.3, 0.4) is 0 Å². The Labute approximate surface area is 155 Å². The molecule has 1 aromatic heterocycles. The molecule has 7 heteroatoms. The molecule has 0 bridgehead atoms. The minimum atomic E-state index is -0.460. The van der Waals surface area contributed by atoms with Gasteiger partial charge in [-0.1, -0.05) is 29.8 Å². The summed E-state index contributed by atoms with van der Waals surface area (Å²) >= 11 is 0. The van der Waals surface area contributed by atoms with Crippen LogP contribution in [-0.2, 0) is 0 Å². The molecule has 27 heavy (non-hydrogen) atoms. The molecule has 0 atom stereocenters. The first-order chi connectivity index (χ1) is 13.1. The average Bonchev–Trinajstić information content (AvgIpc) is 3.06. The van der Waals surface area contributed by atoms with Crippen molar-refractivity contribution < 1.29 is 13.7 Å². The number of halogens is 1. The highest BCUT2D eigenvalue weighted by molar-refractivity contribution is 6.00. The number of anilines is 2. The van der Waals surface area contributed by atoms with Crippen molar-refractivity contribution >= 4 is 17.4 Å². The van der Waals surface area contributed by atoms with Crippen molar-refractivity contribution in [1.29, 1.82) is 0 Å². The molecule has 0 spiro atoms. The van der Waals surface area contributed by atoms with Crippen molar-refractivity contribution in [3.63, 3.8) is 0 Å². The first-order valence-electron chi connectivity index (χ1n) is 8.87. The van der Waals surface area contributed by atoms with E-state index in [0.717, 1.165) is 18.4 Å². The van der Waals surface area contributed by atoms with Gasteiger partial charge in [0.25, 0.3) is 0 Å². The van der Waals surface area contributed by atoms with E-state index in [1.54, 1.807) is 37.3 Å². The number of benzene rings is 2. The molecule has 0 aliphatic heterocycles. The number of rotatable bonds is 4. The molecule has 0 saturated heterocycles. The zero-order valence-corrected chi connectivity index (χ0v) is 14.8. The smallest absolute Gasteiger partial charge is 0.323 e. The van der Waals surface area contributed by atoms with E-state index in [4.69, 9.17) is 4.52 Å². The molecule has 1 heterocycles. The highest BCUT2D eigenvalue weighted by Crippen LogP contribution is 2.36. The lowest BCUT2D eigenvalue weighted by molar-refractivity contribution is 0.262. The highest BCUT2D eigenvalue weighted by Gasteiger charge is 2.25. The fraction of sp³-hybridized carbons (Fsp3) is 0.250. The molecule has 2 N–H and O–H groups in total. The SMILES string of the molecule is Cc1ccc(NC(=O)Nc2cccc(-c3noc(C4CCC4)n3)c2)cc1F. The molecule has 0 radical (unpaired) electrons. The van der Waals surface area contributed by atoms with Crippen LogP contribution in [0.4, 0.5) is 20.6 Å². The Morgan fingerprint density at radius 2 is 1.93 bits per heavy atom. The van der Waals surface area contributed by atoms with Gasteiger partial charge in [-0.3, -0.25) is 0 Å². The Hall–Kier alpha value is -3.22. The number of carbonyl (C=O) groups excluding carboxylic acids is 1. The molecular weight excluding hydrogens is 347 g/mol. The quantitative estimate of drug-likeness (QED) is 0.673. The zero-order valence-electron chi connectivity index (χ0n) is 14.8. The molecule has 1 aliphatic carbocycles. The van der Waals surface area contributed by atoms with Crippen molar-refractivity contribution in [3.8, 4) is 11.4 Å². The Bertz CT molecular complexity index is 982. The van der Waals surface area contributed by atoms with Gasteiger partial charge in [-0.05, 0) is 49.6 Å². The van der Waals surface area contributed by atoms with Crippen molar-refractivity contribution in [3.05, 3.63) is 59.7 Å². The van der Waals surface area contributed by atoms with Crippen LogP contribution in [-0.4, -0.2) is 16.2 Å². The van der Waals surface area contributed by atoms with Crippen LogP contribution in [0, 0.1) is 12.7 Å². The van der Waals surface area contributed by atoms with Crippen LogP contribution in [0.15, 0.2) is 47.0 Å². The second-order valence-corrected chi connectivity index (χ2v) is 6.71. The predicted octanol–water partition coefficient (Wildman–Crippen LogP) is 5.10. The predicted molar refractivity (Wildman–Crippen MR) is 100 cm³/mol. The Morgan fingerprint density at radius 3 is 2.63 bits per heavy atom. The van der Waals surface area contributed by atoms with Gasteiger partial charge < -0.3 is 15.2 Å². The van der Waals surface area contributed by atoms with Gasteiger partial charge in [-0.25, -0.2) is 9.18 Å². The molecule has 1 saturated carbocycles. The first kappa shape index (κ1) is 17.2. The largest absolute Gasteiger partial charge is 0.339 e. The highest BCUT2D eigenvalue weighted by atomic mass is 19.1. The maximum atomic E-state index is 13.6.